The van der Waals surface area contributed by atoms with Crippen molar-refractivity contribution >= 4 is 5.82 Å². The van der Waals surface area contributed by atoms with E-state index in [9.17, 15) is 0 Å². The minimum absolute atomic E-state index is 0.300. The Morgan fingerprint density at radius 1 is 1.21 bits per heavy atom. The Balaban J connectivity index is 1.74. The van der Waals surface area contributed by atoms with Crippen LogP contribution in [0.2, 0.25) is 0 Å². The first kappa shape index (κ1) is 11.8. The molecule has 19 heavy (non-hydrogen) atoms. The Kier molecular flexibility index (Phi) is 2.95. The molecular weight excluding hydrogens is 242 g/mol. The van der Waals surface area contributed by atoms with E-state index < -0.39 is 0 Å². The lowest BCUT2D eigenvalue weighted by molar-refractivity contribution is 0.174. The van der Waals surface area contributed by atoms with Gasteiger partial charge in [-0.25, -0.2) is 4.98 Å². The minimum atomic E-state index is 0.300. The molecule has 1 aromatic carbocycles. The van der Waals surface area contributed by atoms with E-state index in [0.717, 1.165) is 34.3 Å². The number of ether oxygens (including phenoxy) is 2. The Bertz CT molecular complexity index is 614. The summed E-state index contributed by atoms with van der Waals surface area (Å²) in [6, 6.07) is 5.92. The fraction of sp³-hybridized carbons (Fsp3) is 0.286. The van der Waals surface area contributed by atoms with Crippen LogP contribution in [0.25, 0.3) is 0 Å². The van der Waals surface area contributed by atoms with Gasteiger partial charge in [-0.3, -0.25) is 4.98 Å². The summed E-state index contributed by atoms with van der Waals surface area (Å²) in [4.78, 5) is 8.71. The predicted octanol–water partition coefficient (Wildman–Crippen LogP) is 2.43. The molecule has 0 fully saturated rings. The quantitative estimate of drug-likeness (QED) is 0.915. The van der Waals surface area contributed by atoms with Gasteiger partial charge in [0.1, 0.15) is 5.82 Å². The first-order valence-corrected chi connectivity index (χ1v) is 6.15. The average Bonchev–Trinajstić information content (AvgIpc) is 2.87. The number of anilines is 1. The van der Waals surface area contributed by atoms with Crippen molar-refractivity contribution in [1.82, 2.24) is 9.97 Å². The van der Waals surface area contributed by atoms with Crippen molar-refractivity contribution in [2.45, 2.75) is 20.4 Å². The molecule has 0 aliphatic carbocycles. The Morgan fingerprint density at radius 3 is 2.95 bits per heavy atom. The van der Waals surface area contributed by atoms with Crippen molar-refractivity contribution in [3.8, 4) is 11.5 Å². The molecule has 1 aliphatic rings. The fourth-order valence-corrected chi connectivity index (χ4v) is 1.94. The molecule has 2 aromatic rings. The third-order valence-corrected chi connectivity index (χ3v) is 2.97. The zero-order valence-electron chi connectivity index (χ0n) is 10.9. The minimum Gasteiger partial charge on any atom is -0.454 e. The second-order valence-electron chi connectivity index (χ2n) is 4.49. The van der Waals surface area contributed by atoms with Crippen LogP contribution in [-0.4, -0.2) is 16.8 Å². The van der Waals surface area contributed by atoms with Gasteiger partial charge in [-0.2, -0.15) is 0 Å². The maximum absolute atomic E-state index is 5.36. The lowest BCUT2D eigenvalue weighted by Gasteiger charge is -2.09. The average molecular weight is 257 g/mol. The number of nitrogens with one attached hydrogen (secondary N) is 1. The molecule has 0 unspecified atom stereocenters. The number of fused-ring (bicyclic) bond motifs is 1. The van der Waals surface area contributed by atoms with Crippen molar-refractivity contribution < 1.29 is 9.47 Å². The molecule has 5 nitrogen and oxygen atoms in total. The number of aromatic nitrogens is 2. The highest BCUT2D eigenvalue weighted by atomic mass is 16.7. The lowest BCUT2D eigenvalue weighted by atomic mass is 10.2. The summed E-state index contributed by atoms with van der Waals surface area (Å²) in [5.41, 5.74) is 2.91. The molecule has 2 heterocycles. The number of nitrogens with zero attached hydrogens (tertiary/aromatic N) is 2. The van der Waals surface area contributed by atoms with Crippen LogP contribution in [0, 0.1) is 13.8 Å². The van der Waals surface area contributed by atoms with E-state index in [-0.39, 0.29) is 0 Å². The van der Waals surface area contributed by atoms with Gasteiger partial charge in [-0.05, 0) is 31.5 Å². The summed E-state index contributed by atoms with van der Waals surface area (Å²) in [5.74, 6) is 2.42. The maximum Gasteiger partial charge on any atom is 0.231 e. The van der Waals surface area contributed by atoms with Gasteiger partial charge in [-0.15, -0.1) is 0 Å². The van der Waals surface area contributed by atoms with E-state index in [1.54, 1.807) is 6.20 Å². The molecule has 0 atom stereocenters. The molecule has 0 spiro atoms. The standard InChI is InChI=1S/C14H15N3O2/c1-9-6-15-10(2)14(17-9)16-7-11-3-4-12-13(5-11)19-8-18-12/h3-6H,7-8H2,1-2H3,(H,16,17). The fourth-order valence-electron chi connectivity index (χ4n) is 1.94. The summed E-state index contributed by atoms with van der Waals surface area (Å²) in [6.45, 7) is 4.84. The number of benzene rings is 1. The van der Waals surface area contributed by atoms with Crippen LogP contribution in [0.4, 0.5) is 5.82 Å². The van der Waals surface area contributed by atoms with Gasteiger partial charge in [0.05, 0.1) is 11.4 Å². The molecule has 1 aliphatic heterocycles. The topological polar surface area (TPSA) is 56.3 Å². The molecule has 0 saturated carbocycles. The van der Waals surface area contributed by atoms with Gasteiger partial charge in [0.25, 0.3) is 0 Å². The zero-order chi connectivity index (χ0) is 13.2. The van der Waals surface area contributed by atoms with Crippen LogP contribution >= 0.6 is 0 Å². The third-order valence-electron chi connectivity index (χ3n) is 2.97. The first-order valence-electron chi connectivity index (χ1n) is 6.15. The normalized spacial score (nSPS) is 12.5. The van der Waals surface area contributed by atoms with E-state index >= 15 is 0 Å². The highest BCUT2D eigenvalue weighted by Gasteiger charge is 2.13. The first-order chi connectivity index (χ1) is 9.22. The largest absolute Gasteiger partial charge is 0.454 e. The molecule has 5 heteroatoms. The Morgan fingerprint density at radius 2 is 2.05 bits per heavy atom. The van der Waals surface area contributed by atoms with Crippen molar-refractivity contribution in [3.63, 3.8) is 0 Å². The van der Waals surface area contributed by atoms with Crippen LogP contribution in [0.3, 0.4) is 0 Å². The van der Waals surface area contributed by atoms with Crippen molar-refractivity contribution in [2.24, 2.45) is 0 Å². The van der Waals surface area contributed by atoms with E-state index in [2.05, 4.69) is 15.3 Å². The monoisotopic (exact) mass is 257 g/mol. The molecule has 0 bridgehead atoms. The van der Waals surface area contributed by atoms with Crippen LogP contribution < -0.4 is 14.8 Å². The van der Waals surface area contributed by atoms with E-state index in [4.69, 9.17) is 9.47 Å². The number of aryl methyl sites for hydroxylation is 2. The second kappa shape index (κ2) is 4.76. The SMILES string of the molecule is Cc1cnc(C)c(NCc2ccc3c(c2)OCO3)n1. The number of hydrogen-bond donors (Lipinski definition) is 1. The van der Waals surface area contributed by atoms with Crippen LogP contribution in [0.5, 0.6) is 11.5 Å². The second-order valence-corrected chi connectivity index (χ2v) is 4.49. The predicted molar refractivity (Wildman–Crippen MR) is 71.4 cm³/mol. The van der Waals surface area contributed by atoms with Gasteiger partial charge in [0, 0.05) is 12.7 Å². The van der Waals surface area contributed by atoms with Gasteiger partial charge in [0.2, 0.25) is 6.79 Å². The Hall–Kier alpha value is -2.30. The molecule has 0 amide bonds. The van der Waals surface area contributed by atoms with Crippen molar-refractivity contribution in [3.05, 3.63) is 41.3 Å². The summed E-state index contributed by atoms with van der Waals surface area (Å²) >= 11 is 0. The smallest absolute Gasteiger partial charge is 0.231 e. The molecule has 0 radical (unpaired) electrons. The molecule has 1 aromatic heterocycles. The summed E-state index contributed by atoms with van der Waals surface area (Å²) in [6.07, 6.45) is 1.76. The molecule has 0 saturated heterocycles. The van der Waals surface area contributed by atoms with Crippen LogP contribution in [-0.2, 0) is 6.54 Å². The summed E-state index contributed by atoms with van der Waals surface area (Å²) in [7, 11) is 0. The number of rotatable bonds is 3. The molecule has 98 valence electrons. The van der Waals surface area contributed by atoms with E-state index in [0.29, 0.717) is 13.3 Å². The summed E-state index contributed by atoms with van der Waals surface area (Å²) in [5, 5.41) is 3.29. The lowest BCUT2D eigenvalue weighted by Crippen LogP contribution is -2.05. The summed E-state index contributed by atoms with van der Waals surface area (Å²) < 4.78 is 10.6. The van der Waals surface area contributed by atoms with Gasteiger partial charge in [0.15, 0.2) is 11.5 Å². The molecule has 1 N–H and O–H groups in total. The maximum atomic E-state index is 5.36. The van der Waals surface area contributed by atoms with Crippen molar-refractivity contribution in [2.75, 3.05) is 12.1 Å². The van der Waals surface area contributed by atoms with E-state index in [1.807, 2.05) is 32.0 Å². The van der Waals surface area contributed by atoms with Gasteiger partial charge < -0.3 is 14.8 Å². The van der Waals surface area contributed by atoms with Crippen LogP contribution in [0.1, 0.15) is 17.0 Å². The molecule has 3 rings (SSSR count). The van der Waals surface area contributed by atoms with E-state index in [1.165, 1.54) is 0 Å². The highest BCUT2D eigenvalue weighted by Crippen LogP contribution is 2.32. The van der Waals surface area contributed by atoms with Crippen molar-refractivity contribution in [1.29, 1.82) is 0 Å². The number of hydrogen-bond acceptors (Lipinski definition) is 5. The third kappa shape index (κ3) is 2.45. The zero-order valence-corrected chi connectivity index (χ0v) is 10.9. The Labute approximate surface area is 111 Å². The van der Waals surface area contributed by atoms with Gasteiger partial charge >= 0.3 is 0 Å². The van der Waals surface area contributed by atoms with Crippen LogP contribution in [0.15, 0.2) is 24.4 Å². The van der Waals surface area contributed by atoms with Gasteiger partial charge in [-0.1, -0.05) is 6.07 Å². The highest BCUT2D eigenvalue weighted by molar-refractivity contribution is 5.46. The molecular formula is C14H15N3O2.